The van der Waals surface area contributed by atoms with Gasteiger partial charge < -0.3 is 14.9 Å². The van der Waals surface area contributed by atoms with Crippen LogP contribution in [0.1, 0.15) is 59.3 Å². The predicted octanol–water partition coefficient (Wildman–Crippen LogP) is 3.44. The fourth-order valence-electron chi connectivity index (χ4n) is 3.37. The van der Waals surface area contributed by atoms with E-state index in [2.05, 4.69) is 12.7 Å². The van der Waals surface area contributed by atoms with E-state index in [1.165, 1.54) is 5.57 Å². The van der Waals surface area contributed by atoms with Crippen LogP contribution in [-0.4, -0.2) is 34.0 Å². The molecule has 0 spiro atoms. The van der Waals surface area contributed by atoms with Crippen molar-refractivity contribution in [1.82, 2.24) is 0 Å². The molecular formula is C20H30O4. The van der Waals surface area contributed by atoms with E-state index in [1.807, 2.05) is 19.9 Å². The summed E-state index contributed by atoms with van der Waals surface area (Å²) >= 11 is 0. The highest BCUT2D eigenvalue weighted by Gasteiger charge is 2.41. The third kappa shape index (κ3) is 4.58. The summed E-state index contributed by atoms with van der Waals surface area (Å²) in [6, 6.07) is 0. The first-order valence-corrected chi connectivity index (χ1v) is 8.83. The maximum atomic E-state index is 12.1. The van der Waals surface area contributed by atoms with Gasteiger partial charge in [0.15, 0.2) is 0 Å². The summed E-state index contributed by atoms with van der Waals surface area (Å²) in [4.78, 5) is 12.1. The molecule has 1 fully saturated rings. The maximum Gasteiger partial charge on any atom is 0.334 e. The van der Waals surface area contributed by atoms with Crippen molar-refractivity contribution in [3.63, 3.8) is 0 Å². The maximum absolute atomic E-state index is 12.1. The summed E-state index contributed by atoms with van der Waals surface area (Å²) in [5.74, 6) is -0.466. The number of aliphatic hydroxyl groups is 2. The molecular weight excluding hydrogens is 304 g/mol. The van der Waals surface area contributed by atoms with Gasteiger partial charge in [-0.25, -0.2) is 4.79 Å². The van der Waals surface area contributed by atoms with E-state index >= 15 is 0 Å². The fraction of sp³-hybridized carbons (Fsp3) is 0.650. The third-order valence-electron chi connectivity index (χ3n) is 5.40. The van der Waals surface area contributed by atoms with Gasteiger partial charge in [0.25, 0.3) is 0 Å². The van der Waals surface area contributed by atoms with Gasteiger partial charge in [0.05, 0.1) is 11.7 Å². The lowest BCUT2D eigenvalue weighted by atomic mass is 9.80. The van der Waals surface area contributed by atoms with Crippen molar-refractivity contribution in [1.29, 1.82) is 0 Å². The Balaban J connectivity index is 2.27. The number of fused-ring (bicyclic) bond motifs is 2. The zero-order valence-electron chi connectivity index (χ0n) is 15.0. The normalized spacial score (nSPS) is 40.6. The van der Waals surface area contributed by atoms with Crippen molar-refractivity contribution in [2.75, 3.05) is 0 Å². The van der Waals surface area contributed by atoms with Gasteiger partial charge in [-0.15, -0.1) is 0 Å². The lowest BCUT2D eigenvalue weighted by molar-refractivity contribution is -0.168. The molecule has 0 saturated carbocycles. The van der Waals surface area contributed by atoms with Gasteiger partial charge in [0.1, 0.15) is 6.10 Å². The molecule has 1 heterocycles. The zero-order valence-corrected chi connectivity index (χ0v) is 15.0. The molecule has 1 saturated heterocycles. The molecule has 2 N–H and O–H groups in total. The molecule has 0 aromatic rings. The van der Waals surface area contributed by atoms with Crippen molar-refractivity contribution in [3.05, 3.63) is 35.5 Å². The smallest absolute Gasteiger partial charge is 0.334 e. The SMILES string of the molecule is C=C1C(=O)O[C@@H]2C[C@H]1C/C=C(\C)[C@H](O)CC/C(C)=C\CC[C@]2(C)O. The Bertz CT molecular complexity index is 556. The van der Waals surface area contributed by atoms with E-state index in [0.29, 0.717) is 31.3 Å². The Morgan fingerprint density at radius 2 is 2.04 bits per heavy atom. The summed E-state index contributed by atoms with van der Waals surface area (Å²) in [7, 11) is 0. The Hall–Kier alpha value is -1.39. The number of esters is 1. The summed E-state index contributed by atoms with van der Waals surface area (Å²) < 4.78 is 5.44. The molecule has 0 unspecified atom stereocenters. The van der Waals surface area contributed by atoms with Crippen LogP contribution in [0.2, 0.25) is 0 Å². The Morgan fingerprint density at radius 1 is 1.33 bits per heavy atom. The van der Waals surface area contributed by atoms with Crippen LogP contribution in [0.5, 0.6) is 0 Å². The number of carbonyl (C=O) groups is 1. The molecule has 4 nitrogen and oxygen atoms in total. The van der Waals surface area contributed by atoms with Crippen LogP contribution in [0.25, 0.3) is 0 Å². The van der Waals surface area contributed by atoms with Crippen LogP contribution in [0.15, 0.2) is 35.5 Å². The molecule has 0 aromatic heterocycles. The number of allylic oxidation sites excluding steroid dienone is 3. The minimum absolute atomic E-state index is 0.0508. The minimum atomic E-state index is -1.05. The molecule has 2 rings (SSSR count). The van der Waals surface area contributed by atoms with Gasteiger partial charge in [-0.05, 0) is 70.8 Å². The van der Waals surface area contributed by atoms with E-state index in [4.69, 9.17) is 4.74 Å². The van der Waals surface area contributed by atoms with Crippen molar-refractivity contribution in [2.45, 2.75) is 77.1 Å². The zero-order chi connectivity index (χ0) is 17.9. The van der Waals surface area contributed by atoms with Crippen LogP contribution >= 0.6 is 0 Å². The first kappa shape index (κ1) is 18.9. The minimum Gasteiger partial charge on any atom is -0.456 e. The van der Waals surface area contributed by atoms with E-state index in [9.17, 15) is 15.0 Å². The Morgan fingerprint density at radius 3 is 2.75 bits per heavy atom. The molecule has 4 heteroatoms. The van der Waals surface area contributed by atoms with Gasteiger partial charge in [-0.1, -0.05) is 24.3 Å². The lowest BCUT2D eigenvalue weighted by Crippen LogP contribution is -2.47. The van der Waals surface area contributed by atoms with Crippen LogP contribution in [0.3, 0.4) is 0 Å². The van der Waals surface area contributed by atoms with Crippen molar-refractivity contribution in [2.24, 2.45) is 5.92 Å². The van der Waals surface area contributed by atoms with E-state index in [-0.39, 0.29) is 5.92 Å². The molecule has 0 amide bonds. The predicted molar refractivity (Wildman–Crippen MR) is 94.4 cm³/mol. The number of rotatable bonds is 0. The summed E-state index contributed by atoms with van der Waals surface area (Å²) in [5.41, 5.74) is 1.55. The second kappa shape index (κ2) is 7.66. The molecule has 0 radical (unpaired) electrons. The summed E-state index contributed by atoms with van der Waals surface area (Å²) in [6.45, 7) is 9.58. The second-order valence-electron chi connectivity index (χ2n) is 7.54. The third-order valence-corrected chi connectivity index (χ3v) is 5.40. The Labute approximate surface area is 144 Å². The average molecular weight is 334 g/mol. The number of ether oxygens (including phenoxy) is 1. The van der Waals surface area contributed by atoms with Crippen molar-refractivity contribution >= 4 is 5.97 Å². The first-order chi connectivity index (χ1) is 11.2. The van der Waals surface area contributed by atoms with E-state index < -0.39 is 23.8 Å². The van der Waals surface area contributed by atoms with E-state index in [1.54, 1.807) is 6.92 Å². The molecule has 1 aliphatic heterocycles. The van der Waals surface area contributed by atoms with Crippen LogP contribution in [0.4, 0.5) is 0 Å². The Kier molecular flexibility index (Phi) is 6.05. The number of aliphatic hydroxyl groups excluding tert-OH is 1. The van der Waals surface area contributed by atoms with Crippen LogP contribution in [0, 0.1) is 5.92 Å². The standard InChI is InChI=1S/C20H30O4/c1-13-6-5-11-20(4,23)18-12-16(15(3)19(22)24-18)9-8-14(2)17(21)10-7-13/h6,8,16-18,21,23H,3,5,7,9-12H2,1-2,4H3/b13-6-,14-8+/t16-,17-,18-,20+/m1/s1. The average Bonchev–Trinajstić information content (AvgIpc) is 2.52. The van der Waals surface area contributed by atoms with Gasteiger partial charge >= 0.3 is 5.97 Å². The topological polar surface area (TPSA) is 66.8 Å². The molecule has 24 heavy (non-hydrogen) atoms. The summed E-state index contributed by atoms with van der Waals surface area (Å²) in [5, 5.41) is 21.1. The number of carbonyl (C=O) groups excluding carboxylic acids is 1. The lowest BCUT2D eigenvalue weighted by Gasteiger charge is -2.38. The molecule has 1 aliphatic carbocycles. The molecule has 4 atom stereocenters. The highest BCUT2D eigenvalue weighted by Crippen LogP contribution is 2.35. The monoisotopic (exact) mass is 334 g/mol. The highest BCUT2D eigenvalue weighted by atomic mass is 16.6. The van der Waals surface area contributed by atoms with Crippen LogP contribution < -0.4 is 0 Å². The number of hydrogen-bond acceptors (Lipinski definition) is 4. The summed E-state index contributed by atoms with van der Waals surface area (Å²) in [6.07, 6.45) is 7.12. The van der Waals surface area contributed by atoms with Crippen LogP contribution in [-0.2, 0) is 9.53 Å². The van der Waals surface area contributed by atoms with Crippen molar-refractivity contribution < 1.29 is 19.7 Å². The second-order valence-corrected chi connectivity index (χ2v) is 7.54. The number of hydrogen-bond donors (Lipinski definition) is 2. The quantitative estimate of drug-likeness (QED) is 0.404. The molecule has 2 bridgehead atoms. The van der Waals surface area contributed by atoms with Gasteiger partial charge in [-0.2, -0.15) is 0 Å². The van der Waals surface area contributed by atoms with Gasteiger partial charge in [-0.3, -0.25) is 0 Å². The van der Waals surface area contributed by atoms with Gasteiger partial charge in [0, 0.05) is 5.57 Å². The van der Waals surface area contributed by atoms with Gasteiger partial charge in [0.2, 0.25) is 0 Å². The highest BCUT2D eigenvalue weighted by molar-refractivity contribution is 5.89. The van der Waals surface area contributed by atoms with E-state index in [0.717, 1.165) is 18.4 Å². The first-order valence-electron chi connectivity index (χ1n) is 8.83. The largest absolute Gasteiger partial charge is 0.456 e. The fourth-order valence-corrected chi connectivity index (χ4v) is 3.37. The molecule has 0 aromatic carbocycles. The molecule has 134 valence electrons. The molecule has 2 aliphatic rings. The van der Waals surface area contributed by atoms with Crippen molar-refractivity contribution in [3.8, 4) is 0 Å².